The van der Waals surface area contributed by atoms with E-state index in [0.29, 0.717) is 23.6 Å². The molecule has 2 nitrogen and oxygen atoms in total. The molecule has 0 spiro atoms. The van der Waals surface area contributed by atoms with E-state index >= 15 is 0 Å². The average Bonchev–Trinajstić information content (AvgIpc) is 3.41. The second kappa shape index (κ2) is 14.6. The van der Waals surface area contributed by atoms with E-state index < -0.39 is 0 Å². The van der Waals surface area contributed by atoms with Crippen molar-refractivity contribution in [3.8, 4) is 0 Å². The van der Waals surface area contributed by atoms with Crippen molar-refractivity contribution in [1.82, 2.24) is 0 Å². The molecule has 0 fully saturated rings. The lowest BCUT2D eigenvalue weighted by molar-refractivity contribution is 0.322. The van der Waals surface area contributed by atoms with E-state index in [-0.39, 0.29) is 0 Å². The summed E-state index contributed by atoms with van der Waals surface area (Å²) in [6, 6.07) is 38.9. The molecule has 236 valence electrons. The molecule has 0 bridgehead atoms. The quantitative estimate of drug-likeness (QED) is 0.0567. The van der Waals surface area contributed by atoms with E-state index in [1.54, 1.807) is 6.08 Å². The maximum atomic E-state index is 5.33. The summed E-state index contributed by atoms with van der Waals surface area (Å²) in [5.74, 6) is 2.41. The van der Waals surface area contributed by atoms with Gasteiger partial charge in [0, 0.05) is 16.8 Å². The third kappa shape index (κ3) is 6.71. The van der Waals surface area contributed by atoms with Gasteiger partial charge in [-0.05, 0) is 95.2 Å². The van der Waals surface area contributed by atoms with Gasteiger partial charge in [-0.15, -0.1) is 0 Å². The third-order valence-corrected chi connectivity index (χ3v) is 9.91. The fourth-order valence-corrected chi connectivity index (χ4v) is 7.44. The normalized spacial score (nSPS) is 20.3. The summed E-state index contributed by atoms with van der Waals surface area (Å²) >= 11 is 0. The summed E-state index contributed by atoms with van der Waals surface area (Å²) in [5, 5.41) is 4.72. The highest BCUT2D eigenvalue weighted by molar-refractivity contribution is 6.22. The average molecular weight is 623 g/mol. The summed E-state index contributed by atoms with van der Waals surface area (Å²) in [4.78, 5) is 10.6. The molecule has 0 saturated heterocycles. The van der Waals surface area contributed by atoms with Crippen LogP contribution in [0.25, 0.3) is 27.2 Å². The molecule has 0 aliphatic heterocycles. The van der Waals surface area contributed by atoms with Crippen molar-refractivity contribution in [3.05, 3.63) is 187 Å². The van der Waals surface area contributed by atoms with Gasteiger partial charge in [-0.3, -0.25) is 0 Å². The van der Waals surface area contributed by atoms with Crippen molar-refractivity contribution >= 4 is 38.8 Å². The number of hydrogen-bond donors (Lipinski definition) is 0. The molecule has 7 rings (SSSR count). The van der Waals surface area contributed by atoms with Gasteiger partial charge in [0.1, 0.15) is 0 Å². The van der Waals surface area contributed by atoms with Crippen molar-refractivity contribution in [2.75, 3.05) is 0 Å². The molecule has 2 heteroatoms. The Labute approximate surface area is 285 Å². The van der Waals surface area contributed by atoms with Crippen LogP contribution >= 0.6 is 0 Å². The van der Waals surface area contributed by atoms with Crippen LogP contribution in [0.15, 0.2) is 174 Å². The Morgan fingerprint density at radius 1 is 0.708 bits per heavy atom. The molecule has 3 atom stereocenters. The van der Waals surface area contributed by atoms with Gasteiger partial charge in [-0.25, -0.2) is 9.98 Å². The predicted molar refractivity (Wildman–Crippen MR) is 207 cm³/mol. The monoisotopic (exact) mass is 622 g/mol. The number of aliphatic imine (C=N–C) groups is 2. The SMILES string of the molecule is C=C/C=C(/N=C(N=C(C)c1ccc(C2CCC=CCC2C2C=CC=CC2)cc1)c1cc2ccccc2c2ccccc12)c1ccccc1. The van der Waals surface area contributed by atoms with Crippen LogP contribution in [-0.2, 0) is 0 Å². The van der Waals surface area contributed by atoms with Crippen LogP contribution in [0.2, 0.25) is 0 Å². The van der Waals surface area contributed by atoms with Crippen LogP contribution in [0.1, 0.15) is 60.8 Å². The van der Waals surface area contributed by atoms with E-state index in [4.69, 9.17) is 9.98 Å². The van der Waals surface area contributed by atoms with E-state index in [1.165, 1.54) is 28.1 Å². The van der Waals surface area contributed by atoms with Gasteiger partial charge in [0.05, 0.1) is 5.70 Å². The van der Waals surface area contributed by atoms with Crippen molar-refractivity contribution < 1.29 is 0 Å². The smallest absolute Gasteiger partial charge is 0.160 e. The lowest BCUT2D eigenvalue weighted by atomic mass is 9.73. The van der Waals surface area contributed by atoms with Crippen molar-refractivity contribution in [1.29, 1.82) is 0 Å². The number of rotatable bonds is 7. The molecule has 5 aromatic rings. The fraction of sp³-hybridized carbons (Fsp3) is 0.174. The van der Waals surface area contributed by atoms with Crippen molar-refractivity contribution in [2.24, 2.45) is 21.8 Å². The number of fused-ring (bicyclic) bond motifs is 3. The molecule has 48 heavy (non-hydrogen) atoms. The number of allylic oxidation sites excluding steroid dienone is 8. The molecule has 2 aliphatic carbocycles. The van der Waals surface area contributed by atoms with E-state index in [2.05, 4.69) is 141 Å². The molecule has 2 aliphatic rings. The Hall–Kier alpha value is -5.34. The van der Waals surface area contributed by atoms with Crippen molar-refractivity contribution in [3.63, 3.8) is 0 Å². The van der Waals surface area contributed by atoms with E-state index in [0.717, 1.165) is 52.7 Å². The highest BCUT2D eigenvalue weighted by Gasteiger charge is 2.29. The zero-order chi connectivity index (χ0) is 32.7. The summed E-state index contributed by atoms with van der Waals surface area (Å²) in [7, 11) is 0. The van der Waals surface area contributed by atoms with E-state index in [9.17, 15) is 0 Å². The summed E-state index contributed by atoms with van der Waals surface area (Å²) in [6.45, 7) is 6.10. The summed E-state index contributed by atoms with van der Waals surface area (Å²) in [5.41, 5.74) is 6.32. The molecular weight excluding hydrogens is 581 g/mol. The minimum absolute atomic E-state index is 0.533. The Bertz CT molecular complexity index is 2110. The molecule has 5 aromatic carbocycles. The van der Waals surface area contributed by atoms with Crippen LogP contribution < -0.4 is 0 Å². The van der Waals surface area contributed by atoms with Gasteiger partial charge in [0.2, 0.25) is 0 Å². The largest absolute Gasteiger partial charge is 0.233 e. The molecule has 0 saturated carbocycles. The number of nitrogens with zero attached hydrogens (tertiary/aromatic N) is 2. The van der Waals surface area contributed by atoms with Gasteiger partial charge >= 0.3 is 0 Å². The topological polar surface area (TPSA) is 24.7 Å². The Morgan fingerprint density at radius 2 is 1.46 bits per heavy atom. The van der Waals surface area contributed by atoms with E-state index in [1.807, 2.05) is 24.3 Å². The predicted octanol–water partition coefficient (Wildman–Crippen LogP) is 12.0. The zero-order valence-electron chi connectivity index (χ0n) is 27.7. The molecule has 3 unspecified atom stereocenters. The number of amidine groups is 1. The third-order valence-electron chi connectivity index (χ3n) is 9.91. The molecule has 0 N–H and O–H groups in total. The second-order valence-electron chi connectivity index (χ2n) is 12.9. The summed E-state index contributed by atoms with van der Waals surface area (Å²) in [6.07, 6.45) is 22.3. The van der Waals surface area contributed by atoms with Crippen LogP contribution in [-0.4, -0.2) is 11.5 Å². The lowest BCUT2D eigenvalue weighted by Crippen LogP contribution is -2.21. The van der Waals surface area contributed by atoms with Gasteiger partial charge < -0.3 is 0 Å². The van der Waals surface area contributed by atoms with Crippen LogP contribution in [0, 0.1) is 11.8 Å². The number of hydrogen-bond acceptors (Lipinski definition) is 1. The minimum atomic E-state index is 0.533. The van der Waals surface area contributed by atoms with Crippen LogP contribution in [0.3, 0.4) is 0 Å². The van der Waals surface area contributed by atoms with Gasteiger partial charge in [-0.1, -0.05) is 152 Å². The maximum absolute atomic E-state index is 5.33. The van der Waals surface area contributed by atoms with Gasteiger partial charge in [0.15, 0.2) is 5.84 Å². The molecule has 0 aromatic heterocycles. The maximum Gasteiger partial charge on any atom is 0.160 e. The molecule has 0 radical (unpaired) electrons. The first-order chi connectivity index (χ1) is 23.7. The van der Waals surface area contributed by atoms with Crippen molar-refractivity contribution in [2.45, 2.75) is 38.5 Å². The Kier molecular flexibility index (Phi) is 9.52. The Morgan fingerprint density at radius 3 is 2.23 bits per heavy atom. The second-order valence-corrected chi connectivity index (χ2v) is 12.9. The molecule has 0 amide bonds. The highest BCUT2D eigenvalue weighted by atomic mass is 14.9. The first kappa shape index (κ1) is 31.3. The van der Waals surface area contributed by atoms with Crippen LogP contribution in [0.4, 0.5) is 0 Å². The van der Waals surface area contributed by atoms with Crippen LogP contribution in [0.5, 0.6) is 0 Å². The van der Waals surface area contributed by atoms with Gasteiger partial charge in [-0.2, -0.15) is 0 Å². The first-order valence-corrected chi connectivity index (χ1v) is 17.2. The zero-order valence-corrected chi connectivity index (χ0v) is 27.7. The minimum Gasteiger partial charge on any atom is -0.233 e. The highest BCUT2D eigenvalue weighted by Crippen LogP contribution is 2.41. The fourth-order valence-electron chi connectivity index (χ4n) is 7.44. The first-order valence-electron chi connectivity index (χ1n) is 17.2. The molecule has 0 heterocycles. The number of benzene rings is 5. The lowest BCUT2D eigenvalue weighted by Gasteiger charge is -2.31. The standard InChI is InChI=1S/C46H42N2/c1-3-17-45(37-20-9-5-10-21-37)48-46(44-32-38-22-13-14-25-41(38)42-26-15-16-27-43(42)44)47-33(2)34-28-30-36(31-29-34)40-24-12-6-11-23-39(40)35-18-7-4-8-19-35/h3-11,13-18,20-22,25-32,35,39-40H,1,12,19,23-24H2,2H3/b45-17+,47-33?,48-46?. The van der Waals surface area contributed by atoms with Gasteiger partial charge in [0.25, 0.3) is 0 Å². The Balaban J connectivity index is 1.31. The molecular formula is C46H42N2. The summed E-state index contributed by atoms with van der Waals surface area (Å²) < 4.78 is 0.